The minimum absolute atomic E-state index is 0.330. The van der Waals surface area contributed by atoms with E-state index in [-0.39, 0.29) is 0 Å². The Labute approximate surface area is 125 Å². The first-order valence-electron chi connectivity index (χ1n) is 7.50. The number of likely N-dealkylation sites (N-methyl/N-ethyl adjacent to an activating group) is 1. The second-order valence-corrected chi connectivity index (χ2v) is 5.76. The van der Waals surface area contributed by atoms with E-state index in [1.165, 1.54) is 0 Å². The number of benzene rings is 1. The quantitative estimate of drug-likeness (QED) is 0.867. The molecule has 0 bridgehead atoms. The lowest BCUT2D eigenvalue weighted by Crippen LogP contribution is -2.47. The van der Waals surface area contributed by atoms with Crippen LogP contribution in [0, 0.1) is 0 Å². The van der Waals surface area contributed by atoms with Gasteiger partial charge in [-0.15, -0.1) is 0 Å². The summed E-state index contributed by atoms with van der Waals surface area (Å²) in [6, 6.07) is 7.92. The van der Waals surface area contributed by atoms with Crippen molar-refractivity contribution in [3.63, 3.8) is 0 Å². The van der Waals surface area contributed by atoms with E-state index in [0.717, 1.165) is 42.8 Å². The maximum atomic E-state index is 10.2. The Kier molecular flexibility index (Phi) is 4.43. The van der Waals surface area contributed by atoms with Crippen LogP contribution in [0.1, 0.15) is 0 Å². The third-order valence-electron chi connectivity index (χ3n) is 4.05. The smallest absolute Gasteiger partial charge is 0.128 e. The van der Waals surface area contributed by atoms with Gasteiger partial charge in [0.2, 0.25) is 0 Å². The first-order chi connectivity index (χ1) is 10.2. The first-order valence-corrected chi connectivity index (χ1v) is 7.50. The number of piperazine rings is 1. The van der Waals surface area contributed by atoms with Gasteiger partial charge < -0.3 is 19.7 Å². The monoisotopic (exact) mass is 289 g/mol. The molecule has 0 radical (unpaired) electrons. The zero-order chi connectivity index (χ0) is 14.7. The molecule has 2 aromatic rings. The molecule has 5 heteroatoms. The summed E-state index contributed by atoms with van der Waals surface area (Å²) < 4.78 is 5.79. The van der Waals surface area contributed by atoms with Gasteiger partial charge in [0.05, 0.1) is 0 Å². The summed E-state index contributed by atoms with van der Waals surface area (Å²) in [6.07, 6.45) is 1.45. The number of aliphatic hydroxyl groups excluding tert-OH is 1. The number of aromatic amines is 1. The van der Waals surface area contributed by atoms with E-state index in [1.54, 1.807) is 0 Å². The molecule has 1 atom stereocenters. The van der Waals surface area contributed by atoms with Gasteiger partial charge in [-0.25, -0.2) is 0 Å². The van der Waals surface area contributed by atoms with Gasteiger partial charge in [-0.2, -0.15) is 0 Å². The fourth-order valence-electron chi connectivity index (χ4n) is 2.75. The van der Waals surface area contributed by atoms with Crippen molar-refractivity contribution < 1.29 is 9.84 Å². The number of nitrogens with zero attached hydrogens (tertiary/aromatic N) is 2. The zero-order valence-electron chi connectivity index (χ0n) is 12.5. The summed E-state index contributed by atoms with van der Waals surface area (Å²) in [6.45, 7) is 5.17. The molecule has 1 saturated heterocycles. The summed E-state index contributed by atoms with van der Waals surface area (Å²) in [4.78, 5) is 7.77. The Morgan fingerprint density at radius 2 is 2.05 bits per heavy atom. The molecule has 1 aliphatic heterocycles. The number of β-amino-alcohol motifs (C(OH)–C–C–N with tert-alkyl or cyclic N) is 1. The predicted octanol–water partition coefficient (Wildman–Crippen LogP) is 1.15. The Balaban J connectivity index is 1.51. The number of ether oxygens (including phenoxy) is 1. The van der Waals surface area contributed by atoms with Crippen LogP contribution in [-0.4, -0.2) is 72.4 Å². The van der Waals surface area contributed by atoms with Gasteiger partial charge in [-0.3, -0.25) is 4.90 Å². The minimum Gasteiger partial charge on any atom is -0.490 e. The number of hydrogen-bond acceptors (Lipinski definition) is 4. The van der Waals surface area contributed by atoms with Crippen LogP contribution in [-0.2, 0) is 0 Å². The molecule has 1 aromatic heterocycles. The molecule has 2 N–H and O–H groups in total. The minimum atomic E-state index is -0.456. The number of nitrogens with one attached hydrogen (secondary N) is 1. The molecule has 0 amide bonds. The number of hydrogen-bond donors (Lipinski definition) is 2. The van der Waals surface area contributed by atoms with Gasteiger partial charge in [-0.05, 0) is 25.2 Å². The summed E-state index contributed by atoms with van der Waals surface area (Å²) in [5.41, 5.74) is 1.06. The van der Waals surface area contributed by atoms with Gasteiger partial charge in [0.25, 0.3) is 0 Å². The van der Waals surface area contributed by atoms with E-state index in [0.29, 0.717) is 13.2 Å². The van der Waals surface area contributed by atoms with Crippen LogP contribution in [0.15, 0.2) is 30.5 Å². The van der Waals surface area contributed by atoms with Gasteiger partial charge in [-0.1, -0.05) is 6.07 Å². The molecule has 5 nitrogen and oxygen atoms in total. The summed E-state index contributed by atoms with van der Waals surface area (Å²) in [7, 11) is 2.13. The van der Waals surface area contributed by atoms with E-state index in [1.807, 2.05) is 30.5 Å². The Morgan fingerprint density at radius 3 is 2.86 bits per heavy atom. The molecule has 1 fully saturated rings. The molecule has 2 heterocycles. The van der Waals surface area contributed by atoms with Gasteiger partial charge >= 0.3 is 0 Å². The summed E-state index contributed by atoms with van der Waals surface area (Å²) in [5.74, 6) is 0.825. The molecular formula is C16H23N3O2. The fourth-order valence-corrected chi connectivity index (χ4v) is 2.75. The highest BCUT2D eigenvalue weighted by Gasteiger charge is 2.17. The lowest BCUT2D eigenvalue weighted by molar-refractivity contribution is 0.0509. The molecule has 1 aliphatic rings. The van der Waals surface area contributed by atoms with Crippen LogP contribution in [0.3, 0.4) is 0 Å². The zero-order valence-corrected chi connectivity index (χ0v) is 12.5. The van der Waals surface area contributed by atoms with Crippen molar-refractivity contribution in [2.75, 3.05) is 46.4 Å². The molecular weight excluding hydrogens is 266 g/mol. The Morgan fingerprint density at radius 1 is 1.24 bits per heavy atom. The molecule has 21 heavy (non-hydrogen) atoms. The third-order valence-corrected chi connectivity index (χ3v) is 4.05. The molecule has 114 valence electrons. The average molecular weight is 289 g/mol. The maximum Gasteiger partial charge on any atom is 0.128 e. The highest BCUT2D eigenvalue weighted by Crippen LogP contribution is 2.24. The highest BCUT2D eigenvalue weighted by atomic mass is 16.5. The standard InChI is InChI=1S/C16H23N3O2/c1-18-7-9-19(10-8-18)11-13(20)12-21-16-4-2-3-15-14(16)5-6-17-15/h2-6,13,17,20H,7-12H2,1H3. The SMILES string of the molecule is CN1CCN(CC(O)COc2cccc3[nH]ccc23)CC1. The second-order valence-electron chi connectivity index (χ2n) is 5.76. The molecule has 3 rings (SSSR count). The Hall–Kier alpha value is -1.56. The average Bonchev–Trinajstić information content (AvgIpc) is 2.96. The van der Waals surface area contributed by atoms with Crippen LogP contribution in [0.5, 0.6) is 5.75 Å². The van der Waals surface area contributed by atoms with E-state index >= 15 is 0 Å². The molecule has 1 aromatic carbocycles. The van der Waals surface area contributed by atoms with Crippen molar-refractivity contribution >= 4 is 10.9 Å². The largest absolute Gasteiger partial charge is 0.490 e. The maximum absolute atomic E-state index is 10.2. The van der Waals surface area contributed by atoms with Crippen molar-refractivity contribution in [1.82, 2.24) is 14.8 Å². The lowest BCUT2D eigenvalue weighted by Gasteiger charge is -2.33. The number of aromatic nitrogens is 1. The molecule has 0 saturated carbocycles. The van der Waals surface area contributed by atoms with Crippen LogP contribution < -0.4 is 4.74 Å². The van der Waals surface area contributed by atoms with Crippen molar-refractivity contribution in [3.8, 4) is 5.75 Å². The van der Waals surface area contributed by atoms with E-state index in [4.69, 9.17) is 4.74 Å². The van der Waals surface area contributed by atoms with Crippen LogP contribution >= 0.6 is 0 Å². The van der Waals surface area contributed by atoms with Gasteiger partial charge in [0.15, 0.2) is 0 Å². The van der Waals surface area contributed by atoms with Crippen molar-refractivity contribution in [3.05, 3.63) is 30.5 Å². The van der Waals surface area contributed by atoms with E-state index < -0.39 is 6.10 Å². The first kappa shape index (κ1) is 14.4. The third kappa shape index (κ3) is 3.56. The van der Waals surface area contributed by atoms with Crippen molar-refractivity contribution in [2.24, 2.45) is 0 Å². The molecule has 1 unspecified atom stereocenters. The van der Waals surface area contributed by atoms with Crippen molar-refractivity contribution in [2.45, 2.75) is 6.10 Å². The van der Waals surface area contributed by atoms with E-state index in [2.05, 4.69) is 21.8 Å². The Bertz CT molecular complexity index is 576. The number of rotatable bonds is 5. The van der Waals surface area contributed by atoms with Crippen LogP contribution in [0.2, 0.25) is 0 Å². The number of H-pyrrole nitrogens is 1. The van der Waals surface area contributed by atoms with Gasteiger partial charge in [0, 0.05) is 49.8 Å². The second kappa shape index (κ2) is 6.47. The predicted molar refractivity (Wildman–Crippen MR) is 83.7 cm³/mol. The van der Waals surface area contributed by atoms with Crippen LogP contribution in [0.4, 0.5) is 0 Å². The van der Waals surface area contributed by atoms with Crippen molar-refractivity contribution in [1.29, 1.82) is 0 Å². The van der Waals surface area contributed by atoms with E-state index in [9.17, 15) is 5.11 Å². The summed E-state index contributed by atoms with van der Waals surface area (Å²) >= 11 is 0. The normalized spacial score (nSPS) is 19.0. The molecule has 0 aliphatic carbocycles. The lowest BCUT2D eigenvalue weighted by atomic mass is 10.2. The molecule has 0 spiro atoms. The highest BCUT2D eigenvalue weighted by molar-refractivity contribution is 5.85. The fraction of sp³-hybridized carbons (Fsp3) is 0.500. The van der Waals surface area contributed by atoms with Gasteiger partial charge in [0.1, 0.15) is 18.5 Å². The number of aliphatic hydroxyl groups is 1. The summed E-state index contributed by atoms with van der Waals surface area (Å²) in [5, 5.41) is 11.2. The topological polar surface area (TPSA) is 51.7 Å². The number of fused-ring (bicyclic) bond motifs is 1. The van der Waals surface area contributed by atoms with Crippen LogP contribution in [0.25, 0.3) is 10.9 Å².